The van der Waals surface area contributed by atoms with Crippen LogP contribution in [0.2, 0.25) is 5.15 Å². The van der Waals surface area contributed by atoms with Gasteiger partial charge in [-0.1, -0.05) is 11.6 Å². The molecule has 0 unspecified atom stereocenters. The van der Waals surface area contributed by atoms with Gasteiger partial charge in [-0.2, -0.15) is 0 Å². The third-order valence-electron chi connectivity index (χ3n) is 3.26. The molecule has 0 spiro atoms. The highest BCUT2D eigenvalue weighted by Crippen LogP contribution is 2.31. The van der Waals surface area contributed by atoms with Gasteiger partial charge in [-0.25, -0.2) is 9.78 Å². The highest BCUT2D eigenvalue weighted by molar-refractivity contribution is 6.32. The molecule has 0 aromatic carbocycles. The molecule has 0 radical (unpaired) electrons. The Hall–Kier alpha value is -2.09. The van der Waals surface area contributed by atoms with E-state index in [-0.39, 0.29) is 23.0 Å². The molecule has 1 saturated heterocycles. The van der Waals surface area contributed by atoms with Gasteiger partial charge in [-0.15, -0.1) is 0 Å². The van der Waals surface area contributed by atoms with E-state index in [1.54, 1.807) is 25.7 Å². The zero-order valence-electron chi connectivity index (χ0n) is 13.2. The Labute approximate surface area is 138 Å². The molecule has 0 bridgehead atoms. The largest absolute Gasteiger partial charge is 0.444 e. The van der Waals surface area contributed by atoms with Crippen LogP contribution in [0.4, 0.5) is 16.2 Å². The lowest BCUT2D eigenvalue weighted by Gasteiger charge is -2.24. The molecule has 1 aliphatic rings. The number of ether oxygens (including phenoxy) is 1. The van der Waals surface area contributed by atoms with Crippen molar-refractivity contribution in [3.05, 3.63) is 27.5 Å². The summed E-state index contributed by atoms with van der Waals surface area (Å²) in [7, 11) is 0. The third-order valence-corrected chi connectivity index (χ3v) is 3.54. The van der Waals surface area contributed by atoms with E-state index in [4.69, 9.17) is 16.3 Å². The Bertz CT molecular complexity index is 617. The van der Waals surface area contributed by atoms with Gasteiger partial charge < -0.3 is 15.0 Å². The highest BCUT2D eigenvalue weighted by Gasteiger charge is 2.31. The molecule has 8 nitrogen and oxygen atoms in total. The van der Waals surface area contributed by atoms with Crippen LogP contribution in [0.3, 0.4) is 0 Å². The predicted molar refractivity (Wildman–Crippen MR) is 85.7 cm³/mol. The van der Waals surface area contributed by atoms with Gasteiger partial charge in [-0.3, -0.25) is 10.1 Å². The van der Waals surface area contributed by atoms with Crippen LogP contribution in [0.15, 0.2) is 12.3 Å². The van der Waals surface area contributed by atoms with E-state index in [0.717, 1.165) is 0 Å². The van der Waals surface area contributed by atoms with Crippen LogP contribution in [-0.4, -0.2) is 45.6 Å². The molecule has 126 valence electrons. The first-order chi connectivity index (χ1) is 10.7. The number of carbonyl (C=O) groups excluding carboxylic acids is 1. The van der Waals surface area contributed by atoms with Crippen molar-refractivity contribution in [3.8, 4) is 0 Å². The second-order valence-corrected chi connectivity index (χ2v) is 6.67. The van der Waals surface area contributed by atoms with E-state index in [1.165, 1.54) is 12.3 Å². The van der Waals surface area contributed by atoms with Crippen molar-refractivity contribution in [1.82, 2.24) is 9.88 Å². The lowest BCUT2D eigenvalue weighted by atomic mass is 10.2. The molecule has 1 atom stereocenters. The van der Waals surface area contributed by atoms with Crippen LogP contribution in [0.25, 0.3) is 0 Å². The highest BCUT2D eigenvalue weighted by atomic mass is 35.5. The number of rotatable bonds is 3. The summed E-state index contributed by atoms with van der Waals surface area (Å²) in [5.74, 6) is 0. The van der Waals surface area contributed by atoms with E-state index in [1.807, 2.05) is 0 Å². The van der Waals surface area contributed by atoms with Gasteiger partial charge in [0.1, 0.15) is 11.3 Å². The Morgan fingerprint density at radius 1 is 1.57 bits per heavy atom. The van der Waals surface area contributed by atoms with Gasteiger partial charge in [0.25, 0.3) is 0 Å². The van der Waals surface area contributed by atoms with Crippen LogP contribution in [0, 0.1) is 10.1 Å². The Morgan fingerprint density at radius 2 is 2.26 bits per heavy atom. The fourth-order valence-electron chi connectivity index (χ4n) is 2.31. The van der Waals surface area contributed by atoms with Crippen molar-refractivity contribution in [2.24, 2.45) is 0 Å². The summed E-state index contributed by atoms with van der Waals surface area (Å²) in [5, 5.41) is 14.0. The molecule has 1 aliphatic heterocycles. The molecule has 1 aromatic heterocycles. The summed E-state index contributed by atoms with van der Waals surface area (Å²) >= 11 is 5.78. The van der Waals surface area contributed by atoms with Crippen molar-refractivity contribution >= 4 is 29.1 Å². The molecule has 2 heterocycles. The van der Waals surface area contributed by atoms with Gasteiger partial charge >= 0.3 is 11.8 Å². The summed E-state index contributed by atoms with van der Waals surface area (Å²) in [5.41, 5.74) is -0.518. The number of nitrogens with one attached hydrogen (secondary N) is 1. The van der Waals surface area contributed by atoms with Gasteiger partial charge in [0, 0.05) is 25.3 Å². The second-order valence-electron chi connectivity index (χ2n) is 6.31. The van der Waals surface area contributed by atoms with E-state index in [0.29, 0.717) is 25.2 Å². The molecule has 9 heteroatoms. The molecule has 0 aliphatic carbocycles. The molecule has 1 aromatic rings. The number of carbonyl (C=O) groups is 1. The molecule has 2 rings (SSSR count). The zero-order valence-corrected chi connectivity index (χ0v) is 14.0. The van der Waals surface area contributed by atoms with Gasteiger partial charge in [0.05, 0.1) is 4.92 Å². The van der Waals surface area contributed by atoms with Crippen molar-refractivity contribution in [2.45, 2.75) is 38.8 Å². The fourth-order valence-corrected chi connectivity index (χ4v) is 2.54. The van der Waals surface area contributed by atoms with E-state index in [9.17, 15) is 14.9 Å². The number of hydrogen-bond donors (Lipinski definition) is 1. The van der Waals surface area contributed by atoms with Crippen molar-refractivity contribution < 1.29 is 14.5 Å². The minimum Gasteiger partial charge on any atom is -0.444 e. The lowest BCUT2D eigenvalue weighted by Crippen LogP contribution is -2.36. The average molecular weight is 343 g/mol. The van der Waals surface area contributed by atoms with Crippen molar-refractivity contribution in [2.75, 3.05) is 18.4 Å². The molecule has 1 N–H and O–H groups in total. The van der Waals surface area contributed by atoms with Gasteiger partial charge in [-0.05, 0) is 33.3 Å². The smallest absolute Gasteiger partial charge is 0.410 e. The van der Waals surface area contributed by atoms with E-state index < -0.39 is 10.5 Å². The zero-order chi connectivity index (χ0) is 17.2. The monoisotopic (exact) mass is 342 g/mol. The normalized spacial score (nSPS) is 17.9. The number of halogens is 1. The molecule has 1 fully saturated rings. The van der Waals surface area contributed by atoms with Gasteiger partial charge in [0.2, 0.25) is 5.15 Å². The number of pyridine rings is 1. The summed E-state index contributed by atoms with van der Waals surface area (Å²) in [6, 6.07) is 1.39. The first kappa shape index (κ1) is 17.3. The quantitative estimate of drug-likeness (QED) is 0.515. The maximum absolute atomic E-state index is 12.0. The number of aromatic nitrogens is 1. The average Bonchev–Trinajstić information content (AvgIpc) is 2.85. The van der Waals surface area contributed by atoms with Crippen LogP contribution in [-0.2, 0) is 4.74 Å². The number of nitrogens with zero attached hydrogens (tertiary/aromatic N) is 3. The van der Waals surface area contributed by atoms with E-state index >= 15 is 0 Å². The number of anilines is 1. The summed E-state index contributed by atoms with van der Waals surface area (Å²) in [6.45, 7) is 6.35. The summed E-state index contributed by atoms with van der Waals surface area (Å²) in [6.07, 6.45) is 1.68. The standard InChI is InChI=1S/C14H19ClN4O4/c1-14(2,3)23-13(20)18-7-5-9(8-18)17-10-4-6-16-12(15)11(10)19(21)22/h4,6,9H,5,7-8H2,1-3H3,(H,16,17)/t9-/m1/s1. The maximum Gasteiger partial charge on any atom is 0.410 e. The molecule has 1 amide bonds. The Morgan fingerprint density at radius 3 is 2.87 bits per heavy atom. The number of likely N-dealkylation sites (tertiary alicyclic amines) is 1. The van der Waals surface area contributed by atoms with Crippen LogP contribution in [0.1, 0.15) is 27.2 Å². The molecule has 23 heavy (non-hydrogen) atoms. The van der Waals surface area contributed by atoms with Crippen molar-refractivity contribution in [3.63, 3.8) is 0 Å². The minimum absolute atomic E-state index is 0.111. The number of nitro groups is 1. The minimum atomic E-state index is -0.571. The molecular formula is C14H19ClN4O4. The van der Waals surface area contributed by atoms with Crippen LogP contribution >= 0.6 is 11.6 Å². The second kappa shape index (κ2) is 6.57. The predicted octanol–water partition coefficient (Wildman–Crippen LogP) is 3.06. The Kier molecular flexibility index (Phi) is 4.93. The first-order valence-electron chi connectivity index (χ1n) is 7.21. The third kappa shape index (κ3) is 4.44. The number of hydrogen-bond acceptors (Lipinski definition) is 6. The summed E-state index contributed by atoms with van der Waals surface area (Å²) in [4.78, 5) is 27.9. The SMILES string of the molecule is CC(C)(C)OC(=O)N1CC[C@@H](Nc2ccnc(Cl)c2[N+](=O)[O-])C1. The number of amides is 1. The summed E-state index contributed by atoms with van der Waals surface area (Å²) < 4.78 is 5.32. The molecular weight excluding hydrogens is 324 g/mol. The van der Waals surface area contributed by atoms with E-state index in [2.05, 4.69) is 10.3 Å². The topological polar surface area (TPSA) is 97.6 Å². The maximum atomic E-state index is 12.0. The lowest BCUT2D eigenvalue weighted by molar-refractivity contribution is -0.384. The first-order valence-corrected chi connectivity index (χ1v) is 7.58. The fraction of sp³-hybridized carbons (Fsp3) is 0.571. The van der Waals surface area contributed by atoms with Crippen LogP contribution in [0.5, 0.6) is 0 Å². The van der Waals surface area contributed by atoms with Crippen molar-refractivity contribution in [1.29, 1.82) is 0 Å². The Balaban J connectivity index is 2.03. The molecule has 0 saturated carbocycles. The van der Waals surface area contributed by atoms with Crippen LogP contribution < -0.4 is 5.32 Å². The van der Waals surface area contributed by atoms with Gasteiger partial charge in [0.15, 0.2) is 0 Å².